The van der Waals surface area contributed by atoms with Crippen molar-refractivity contribution in [3.63, 3.8) is 0 Å². The smallest absolute Gasteiger partial charge is 0.306 e. The number of hydrogen-bond donors (Lipinski definition) is 0. The van der Waals surface area contributed by atoms with E-state index in [1.54, 1.807) is 0 Å². The largest absolute Gasteiger partial charge is 0.462 e. The molecule has 0 rings (SSSR count). The summed E-state index contributed by atoms with van der Waals surface area (Å²) >= 11 is 0. The number of ether oxygens (including phenoxy) is 3. The van der Waals surface area contributed by atoms with Crippen LogP contribution < -0.4 is 0 Å². The van der Waals surface area contributed by atoms with Crippen LogP contribution in [0.5, 0.6) is 0 Å². The van der Waals surface area contributed by atoms with Gasteiger partial charge in [0, 0.05) is 19.3 Å². The molecule has 0 aromatic heterocycles. The molecule has 252 valence electrons. The van der Waals surface area contributed by atoms with Gasteiger partial charge in [0.15, 0.2) is 6.10 Å². The molecule has 0 amide bonds. The van der Waals surface area contributed by atoms with E-state index < -0.39 is 6.10 Å². The van der Waals surface area contributed by atoms with Gasteiger partial charge in [-0.05, 0) is 44.9 Å². The first kappa shape index (κ1) is 41.1. The molecular weight excluding hydrogens is 540 g/mol. The lowest BCUT2D eigenvalue weighted by molar-refractivity contribution is -0.167. The monoisotopic (exact) mass is 609 g/mol. The van der Waals surface area contributed by atoms with E-state index >= 15 is 0 Å². The molecule has 0 aliphatic rings. The average Bonchev–Trinajstić information content (AvgIpc) is 3.00. The Bertz CT molecular complexity index is 644. The van der Waals surface area contributed by atoms with E-state index in [-0.39, 0.29) is 31.1 Å². The molecule has 43 heavy (non-hydrogen) atoms. The topological polar surface area (TPSA) is 78.9 Å². The normalized spacial score (nSPS) is 11.3. The van der Waals surface area contributed by atoms with Crippen LogP contribution in [0.15, 0.2) is 12.2 Å². The fraction of sp³-hybridized carbons (Fsp3) is 0.865. The number of carbonyl (C=O) groups excluding carboxylic acids is 3. The molecule has 6 nitrogen and oxygen atoms in total. The van der Waals surface area contributed by atoms with Crippen molar-refractivity contribution in [2.24, 2.45) is 0 Å². The van der Waals surface area contributed by atoms with Crippen LogP contribution >= 0.6 is 0 Å². The van der Waals surface area contributed by atoms with Gasteiger partial charge in [-0.15, -0.1) is 0 Å². The highest BCUT2D eigenvalue weighted by Gasteiger charge is 2.19. The standard InChI is InChI=1S/C37H68O6/c1-4-7-10-13-14-15-16-17-18-19-20-21-22-25-28-31-37(40)43-34(32-41-35(38)29-26-23-11-8-5-2)33-42-36(39)30-27-24-12-9-6-3/h17-18,34H,4-16,19-33H2,1-3H3. The second kappa shape index (κ2) is 33.1. The van der Waals surface area contributed by atoms with Gasteiger partial charge in [0.1, 0.15) is 13.2 Å². The van der Waals surface area contributed by atoms with Crippen molar-refractivity contribution < 1.29 is 28.6 Å². The van der Waals surface area contributed by atoms with E-state index in [4.69, 9.17) is 14.2 Å². The van der Waals surface area contributed by atoms with Gasteiger partial charge in [-0.3, -0.25) is 14.4 Å². The summed E-state index contributed by atoms with van der Waals surface area (Å²) < 4.78 is 16.4. The lowest BCUT2D eigenvalue weighted by atomic mass is 10.1. The summed E-state index contributed by atoms with van der Waals surface area (Å²) in [5, 5.41) is 0. The number of allylic oxidation sites excluding steroid dienone is 2. The van der Waals surface area contributed by atoms with Gasteiger partial charge in [0.25, 0.3) is 0 Å². The lowest BCUT2D eigenvalue weighted by Gasteiger charge is -2.18. The number of esters is 3. The molecule has 0 saturated carbocycles. The van der Waals surface area contributed by atoms with E-state index in [1.165, 1.54) is 70.6 Å². The third-order valence-corrected chi connectivity index (χ3v) is 7.77. The Kier molecular flexibility index (Phi) is 31.6. The van der Waals surface area contributed by atoms with Crippen molar-refractivity contribution in [1.29, 1.82) is 0 Å². The Morgan fingerprint density at radius 1 is 0.442 bits per heavy atom. The van der Waals surface area contributed by atoms with Gasteiger partial charge in [-0.2, -0.15) is 0 Å². The van der Waals surface area contributed by atoms with E-state index in [2.05, 4.69) is 32.9 Å². The van der Waals surface area contributed by atoms with E-state index in [0.717, 1.165) is 77.0 Å². The third-order valence-electron chi connectivity index (χ3n) is 7.77. The molecule has 0 heterocycles. The fourth-order valence-electron chi connectivity index (χ4n) is 4.96. The molecular formula is C37H68O6. The van der Waals surface area contributed by atoms with Gasteiger partial charge in [-0.25, -0.2) is 0 Å². The maximum absolute atomic E-state index is 12.5. The number of rotatable bonds is 32. The minimum absolute atomic E-state index is 0.0737. The van der Waals surface area contributed by atoms with E-state index in [0.29, 0.717) is 19.3 Å². The molecule has 6 heteroatoms. The van der Waals surface area contributed by atoms with E-state index in [1.807, 2.05) is 0 Å². The maximum atomic E-state index is 12.5. The molecule has 0 saturated heterocycles. The highest BCUT2D eigenvalue weighted by atomic mass is 16.6. The molecule has 0 aliphatic carbocycles. The highest BCUT2D eigenvalue weighted by molar-refractivity contribution is 5.71. The first-order valence-electron chi connectivity index (χ1n) is 18.2. The highest BCUT2D eigenvalue weighted by Crippen LogP contribution is 2.12. The van der Waals surface area contributed by atoms with Gasteiger partial charge in [0.2, 0.25) is 0 Å². The summed E-state index contributed by atoms with van der Waals surface area (Å²) in [6, 6.07) is 0. The van der Waals surface area contributed by atoms with Crippen molar-refractivity contribution in [3.05, 3.63) is 12.2 Å². The second-order valence-corrected chi connectivity index (χ2v) is 12.1. The van der Waals surface area contributed by atoms with Crippen LogP contribution in [0, 0.1) is 0 Å². The SMILES string of the molecule is CCCCCCCCC=CCCCCCCCC(=O)OC(COC(=O)CCCCCCC)COC(=O)CCCCCCC. The second-order valence-electron chi connectivity index (χ2n) is 12.1. The molecule has 0 bridgehead atoms. The predicted octanol–water partition coefficient (Wildman–Crippen LogP) is 10.7. The van der Waals surface area contributed by atoms with Crippen molar-refractivity contribution in [2.45, 2.75) is 194 Å². The van der Waals surface area contributed by atoms with Gasteiger partial charge < -0.3 is 14.2 Å². The molecule has 0 fully saturated rings. The summed E-state index contributed by atoms with van der Waals surface area (Å²) in [6.07, 6.45) is 31.1. The summed E-state index contributed by atoms with van der Waals surface area (Å²) in [7, 11) is 0. The Hall–Kier alpha value is -1.85. The first-order valence-corrected chi connectivity index (χ1v) is 18.2. The molecule has 0 unspecified atom stereocenters. The Morgan fingerprint density at radius 2 is 0.767 bits per heavy atom. The summed E-state index contributed by atoms with van der Waals surface area (Å²) in [4.78, 5) is 36.9. The number of hydrogen-bond acceptors (Lipinski definition) is 6. The van der Waals surface area contributed by atoms with Gasteiger partial charge in [-0.1, -0.05) is 136 Å². The minimum Gasteiger partial charge on any atom is -0.462 e. The summed E-state index contributed by atoms with van der Waals surface area (Å²) in [5.41, 5.74) is 0. The molecule has 0 aromatic rings. The zero-order chi connectivity index (χ0) is 31.6. The summed E-state index contributed by atoms with van der Waals surface area (Å²) in [5.74, 6) is -0.914. The minimum atomic E-state index is -0.760. The average molecular weight is 609 g/mol. The Morgan fingerprint density at radius 3 is 1.16 bits per heavy atom. The molecule has 0 N–H and O–H groups in total. The summed E-state index contributed by atoms with van der Waals surface area (Å²) in [6.45, 7) is 6.43. The van der Waals surface area contributed by atoms with Crippen LogP contribution in [0.1, 0.15) is 188 Å². The number of carbonyl (C=O) groups is 3. The van der Waals surface area contributed by atoms with Gasteiger partial charge >= 0.3 is 17.9 Å². The third kappa shape index (κ3) is 31.4. The van der Waals surface area contributed by atoms with Gasteiger partial charge in [0.05, 0.1) is 0 Å². The van der Waals surface area contributed by atoms with Crippen LogP contribution in [0.2, 0.25) is 0 Å². The molecule has 0 aromatic carbocycles. The van der Waals surface area contributed by atoms with Crippen molar-refractivity contribution in [3.8, 4) is 0 Å². The van der Waals surface area contributed by atoms with Crippen molar-refractivity contribution >= 4 is 17.9 Å². The van der Waals surface area contributed by atoms with Crippen molar-refractivity contribution in [1.82, 2.24) is 0 Å². The quantitative estimate of drug-likeness (QED) is 0.0327. The Labute approximate surface area is 265 Å². The van der Waals surface area contributed by atoms with E-state index in [9.17, 15) is 14.4 Å². The van der Waals surface area contributed by atoms with Crippen LogP contribution in [-0.4, -0.2) is 37.2 Å². The fourth-order valence-corrected chi connectivity index (χ4v) is 4.96. The zero-order valence-electron chi connectivity index (χ0n) is 28.5. The molecule has 0 radical (unpaired) electrons. The molecule has 0 atom stereocenters. The number of unbranched alkanes of at least 4 members (excludes halogenated alkanes) is 19. The van der Waals surface area contributed by atoms with Crippen LogP contribution in [0.4, 0.5) is 0 Å². The zero-order valence-corrected chi connectivity index (χ0v) is 28.5. The van der Waals surface area contributed by atoms with Crippen LogP contribution in [0.3, 0.4) is 0 Å². The Balaban J connectivity index is 4.21. The predicted molar refractivity (Wildman–Crippen MR) is 178 cm³/mol. The molecule has 0 aliphatic heterocycles. The molecule has 0 spiro atoms. The van der Waals surface area contributed by atoms with Crippen LogP contribution in [-0.2, 0) is 28.6 Å². The maximum Gasteiger partial charge on any atom is 0.306 e. The van der Waals surface area contributed by atoms with Crippen molar-refractivity contribution in [2.75, 3.05) is 13.2 Å². The lowest BCUT2D eigenvalue weighted by Crippen LogP contribution is -2.30. The van der Waals surface area contributed by atoms with Crippen LogP contribution in [0.25, 0.3) is 0 Å². The first-order chi connectivity index (χ1) is 21.0.